The molecule has 3 aromatic carbocycles. The van der Waals surface area contributed by atoms with Crippen LogP contribution in [-0.4, -0.2) is 0 Å². The van der Waals surface area contributed by atoms with Gasteiger partial charge in [0.05, 0.1) is 0 Å². The lowest BCUT2D eigenvalue weighted by molar-refractivity contribution is 1.23. The fourth-order valence-corrected chi connectivity index (χ4v) is 4.28. The van der Waals surface area contributed by atoms with Crippen LogP contribution < -0.4 is 0 Å². The Kier molecular flexibility index (Phi) is 3.59. The van der Waals surface area contributed by atoms with E-state index in [1.54, 1.807) is 0 Å². The minimum absolute atomic E-state index is 0.980. The third-order valence-electron chi connectivity index (χ3n) is 4.36. The average molecular weight is 315 g/mol. The van der Waals surface area contributed by atoms with Gasteiger partial charge < -0.3 is 0 Å². The highest BCUT2D eigenvalue weighted by Gasteiger charge is 2.17. The highest BCUT2D eigenvalue weighted by molar-refractivity contribution is 7.24. The Morgan fingerprint density at radius 2 is 1.26 bits per heavy atom. The van der Waals surface area contributed by atoms with E-state index in [4.69, 9.17) is 0 Å². The molecule has 0 aliphatic heterocycles. The second-order valence-corrected chi connectivity index (χ2v) is 7.33. The molecule has 23 heavy (non-hydrogen) atoms. The van der Waals surface area contributed by atoms with Crippen LogP contribution in [0.15, 0.2) is 66.7 Å². The van der Waals surface area contributed by atoms with Crippen molar-refractivity contribution in [2.24, 2.45) is 0 Å². The van der Waals surface area contributed by atoms with Gasteiger partial charge in [0.15, 0.2) is 0 Å². The first-order chi connectivity index (χ1) is 11.2. The normalized spacial score (nSPS) is 11.2. The van der Waals surface area contributed by atoms with Crippen molar-refractivity contribution in [3.8, 4) is 0 Å². The lowest BCUT2D eigenvalue weighted by atomic mass is 9.97. The Labute approximate surface area is 141 Å². The molecule has 4 aromatic rings. The monoisotopic (exact) mass is 315 g/mol. The van der Waals surface area contributed by atoms with Crippen molar-refractivity contribution in [3.05, 3.63) is 89.0 Å². The summed E-state index contributed by atoms with van der Waals surface area (Å²) in [6.07, 6.45) is 0.980. The van der Waals surface area contributed by atoms with Crippen molar-refractivity contribution in [1.29, 1.82) is 0 Å². The van der Waals surface area contributed by atoms with E-state index < -0.39 is 0 Å². The fourth-order valence-electron chi connectivity index (χ4n) is 3.19. The first kappa shape index (κ1) is 14.3. The van der Waals surface area contributed by atoms with Crippen LogP contribution in [0.25, 0.3) is 20.2 Å². The molecular weight excluding hydrogens is 296 g/mol. The number of rotatable bonds is 2. The van der Waals surface area contributed by atoms with Crippen molar-refractivity contribution in [1.82, 2.24) is 0 Å². The largest absolute Gasteiger partial charge is 0.239 e. The zero-order chi connectivity index (χ0) is 15.8. The maximum Gasteiger partial charge on any atom is 0.239 e. The van der Waals surface area contributed by atoms with Crippen molar-refractivity contribution in [2.75, 3.05) is 0 Å². The first-order valence-electron chi connectivity index (χ1n) is 8.00. The molecule has 0 atom stereocenters. The third-order valence-corrected chi connectivity index (χ3v) is 5.52. The lowest BCUT2D eigenvalue weighted by Crippen LogP contribution is -1.92. The Morgan fingerprint density at radius 1 is 0.696 bits per heavy atom. The van der Waals surface area contributed by atoms with Crippen LogP contribution >= 0.6 is 11.3 Å². The van der Waals surface area contributed by atoms with Gasteiger partial charge in [-0.2, -0.15) is 0 Å². The van der Waals surface area contributed by atoms with Crippen LogP contribution in [0, 0.1) is 13.8 Å². The van der Waals surface area contributed by atoms with Gasteiger partial charge in [-0.1, -0.05) is 53.6 Å². The molecule has 0 spiro atoms. The van der Waals surface area contributed by atoms with Gasteiger partial charge in [-0.3, -0.25) is 0 Å². The summed E-state index contributed by atoms with van der Waals surface area (Å²) in [7, 11) is 0. The number of hydrogen-bond acceptors (Lipinski definition) is 0. The van der Waals surface area contributed by atoms with Crippen LogP contribution in [-0.2, 0) is 6.42 Å². The highest BCUT2D eigenvalue weighted by atomic mass is 32.1. The van der Waals surface area contributed by atoms with Gasteiger partial charge in [0.1, 0.15) is 0 Å². The Hall–Kier alpha value is -2.25. The van der Waals surface area contributed by atoms with E-state index in [1.165, 1.54) is 42.4 Å². The van der Waals surface area contributed by atoms with Gasteiger partial charge >= 0.3 is 0 Å². The molecule has 1 heterocycles. The molecule has 112 valence electrons. The second kappa shape index (κ2) is 5.75. The standard InChI is InChI=1S/C22H19S/c1-15-8-10-21-19(12-15)18(14-17-6-4-3-5-7-17)20-13-16(2)9-11-22(20)23-21/h3-13H,14H2,1-2H3/q+1. The maximum absolute atomic E-state index is 2.34. The zero-order valence-electron chi connectivity index (χ0n) is 13.5. The van der Waals surface area contributed by atoms with Crippen LogP contribution in [0.4, 0.5) is 0 Å². The summed E-state index contributed by atoms with van der Waals surface area (Å²) >= 11 is 1.89. The summed E-state index contributed by atoms with van der Waals surface area (Å²) in [6.45, 7) is 4.35. The molecule has 0 saturated heterocycles. The predicted molar refractivity (Wildman–Crippen MR) is 102 cm³/mol. The van der Waals surface area contributed by atoms with E-state index in [0.29, 0.717) is 0 Å². The van der Waals surface area contributed by atoms with Crippen LogP contribution in [0.2, 0.25) is 0 Å². The summed E-state index contributed by atoms with van der Waals surface area (Å²) < 4.78 is 2.75. The topological polar surface area (TPSA) is 0 Å². The van der Waals surface area contributed by atoms with E-state index in [2.05, 4.69) is 80.6 Å². The molecule has 4 rings (SSSR count). The summed E-state index contributed by atoms with van der Waals surface area (Å²) in [5.74, 6) is 0. The van der Waals surface area contributed by atoms with Crippen molar-refractivity contribution in [3.63, 3.8) is 0 Å². The van der Waals surface area contributed by atoms with Gasteiger partial charge in [-0.15, -0.1) is 0 Å². The second-order valence-electron chi connectivity index (χ2n) is 6.24. The Morgan fingerprint density at radius 3 is 1.83 bits per heavy atom. The SMILES string of the molecule is Cc1ccc2[s+]c3ccc(C)cc3c(Cc3ccccc3)c2c1. The quantitative estimate of drug-likeness (QED) is 0.291. The molecule has 0 nitrogen and oxygen atoms in total. The number of benzene rings is 3. The predicted octanol–water partition coefficient (Wildman–Crippen LogP) is 6.54. The molecule has 0 saturated carbocycles. The van der Waals surface area contributed by atoms with Crippen molar-refractivity contribution >= 4 is 31.5 Å². The molecule has 1 heteroatoms. The molecular formula is C22H19S+. The summed E-state index contributed by atoms with van der Waals surface area (Å²) in [6, 6.07) is 24.4. The summed E-state index contributed by atoms with van der Waals surface area (Å²) in [4.78, 5) is 0. The van der Waals surface area contributed by atoms with Gasteiger partial charge in [-0.05, 0) is 43.5 Å². The minimum Gasteiger partial charge on any atom is -0.0622 e. The van der Waals surface area contributed by atoms with Gasteiger partial charge in [0, 0.05) is 22.9 Å². The highest BCUT2D eigenvalue weighted by Crippen LogP contribution is 2.35. The molecule has 0 N–H and O–H groups in total. The van der Waals surface area contributed by atoms with Crippen LogP contribution in [0.3, 0.4) is 0 Å². The maximum atomic E-state index is 2.34. The van der Waals surface area contributed by atoms with Gasteiger partial charge in [-0.25, -0.2) is 0 Å². The number of fused-ring (bicyclic) bond motifs is 2. The van der Waals surface area contributed by atoms with Crippen LogP contribution in [0.1, 0.15) is 22.3 Å². The Bertz CT molecular complexity index is 940. The number of aryl methyl sites for hydroxylation is 2. The summed E-state index contributed by atoms with van der Waals surface area (Å²) in [5.41, 5.74) is 5.47. The third kappa shape index (κ3) is 2.73. The van der Waals surface area contributed by atoms with E-state index in [-0.39, 0.29) is 0 Å². The van der Waals surface area contributed by atoms with Gasteiger partial charge in [0.25, 0.3) is 0 Å². The zero-order valence-corrected chi connectivity index (χ0v) is 14.3. The smallest absolute Gasteiger partial charge is 0.0622 e. The molecule has 0 unspecified atom stereocenters. The summed E-state index contributed by atoms with van der Waals surface area (Å²) in [5, 5.41) is 2.80. The molecule has 0 bridgehead atoms. The molecule has 0 amide bonds. The lowest BCUT2D eigenvalue weighted by Gasteiger charge is -2.08. The average Bonchev–Trinajstić information content (AvgIpc) is 2.56. The van der Waals surface area contributed by atoms with Crippen LogP contribution in [0.5, 0.6) is 0 Å². The van der Waals surface area contributed by atoms with E-state index in [1.807, 2.05) is 11.3 Å². The molecule has 0 aliphatic carbocycles. The van der Waals surface area contributed by atoms with Crippen molar-refractivity contribution < 1.29 is 0 Å². The van der Waals surface area contributed by atoms with E-state index in [0.717, 1.165) is 6.42 Å². The van der Waals surface area contributed by atoms with E-state index in [9.17, 15) is 0 Å². The minimum atomic E-state index is 0.980. The fraction of sp³-hybridized carbons (Fsp3) is 0.136. The molecule has 0 radical (unpaired) electrons. The molecule has 0 fully saturated rings. The van der Waals surface area contributed by atoms with Gasteiger partial charge in [0.2, 0.25) is 20.7 Å². The molecule has 0 aliphatic rings. The van der Waals surface area contributed by atoms with Crippen molar-refractivity contribution in [2.45, 2.75) is 20.3 Å². The first-order valence-corrected chi connectivity index (χ1v) is 8.82. The number of hydrogen-bond donors (Lipinski definition) is 0. The molecule has 1 aromatic heterocycles. The van der Waals surface area contributed by atoms with E-state index >= 15 is 0 Å². The Balaban J connectivity index is 2.06.